The molecule has 0 amide bonds. The van der Waals surface area contributed by atoms with Gasteiger partial charge in [0, 0.05) is 0 Å². The summed E-state index contributed by atoms with van der Waals surface area (Å²) in [6.07, 6.45) is 0. The summed E-state index contributed by atoms with van der Waals surface area (Å²) >= 11 is 0. The van der Waals surface area contributed by atoms with Gasteiger partial charge in [0.15, 0.2) is 0 Å². The predicted molar refractivity (Wildman–Crippen MR) is 289 cm³/mol. The van der Waals surface area contributed by atoms with Crippen molar-refractivity contribution in [3.05, 3.63) is 0 Å². The van der Waals surface area contributed by atoms with Crippen LogP contribution in [0.1, 0.15) is 291 Å². The molecule has 3 aliphatic rings. The van der Waals surface area contributed by atoms with Gasteiger partial charge in [0.05, 0.1) is 0 Å². The lowest BCUT2D eigenvalue weighted by Crippen LogP contribution is -2.74. The molecular formula is C63H126. The zero-order chi connectivity index (χ0) is 52.5. The van der Waals surface area contributed by atoms with Gasteiger partial charge >= 0.3 is 0 Å². The molecule has 63 heavy (non-hydrogen) atoms. The smallest absolute Gasteiger partial charge is 0.0164 e. The average molecular weight is 884 g/mol. The summed E-state index contributed by atoms with van der Waals surface area (Å²) in [5.74, 6) is 0. The van der Waals surface area contributed by atoms with Crippen molar-refractivity contribution in [3.8, 4) is 0 Å². The van der Waals surface area contributed by atoms with Crippen LogP contribution >= 0.6 is 0 Å². The van der Waals surface area contributed by atoms with Crippen molar-refractivity contribution in [1.82, 2.24) is 0 Å². The first-order valence-electron chi connectivity index (χ1n) is 26.2. The van der Waals surface area contributed by atoms with E-state index < -0.39 is 0 Å². The molecule has 0 unspecified atom stereocenters. The lowest BCUT2D eigenvalue weighted by atomic mass is 9.25. The molecule has 0 bridgehead atoms. The molecule has 0 heterocycles. The van der Waals surface area contributed by atoms with Crippen LogP contribution in [0.15, 0.2) is 0 Å². The van der Waals surface area contributed by atoms with Crippen molar-refractivity contribution in [2.24, 2.45) is 114 Å². The third-order valence-electron chi connectivity index (χ3n) is 30.8. The lowest BCUT2D eigenvalue weighted by molar-refractivity contribution is -0.318. The summed E-state index contributed by atoms with van der Waals surface area (Å²) in [6.45, 7) is 105. The van der Waals surface area contributed by atoms with Gasteiger partial charge in [-0.1, -0.05) is 291 Å². The van der Waals surface area contributed by atoms with Gasteiger partial charge in [-0.3, -0.25) is 0 Å². The third-order valence-corrected chi connectivity index (χ3v) is 30.8. The molecule has 3 saturated carbocycles. The minimum absolute atomic E-state index is 0.232. The molecule has 0 radical (unpaired) electrons. The van der Waals surface area contributed by atoms with Gasteiger partial charge in [-0.15, -0.1) is 0 Å². The molecule has 378 valence electrons. The minimum atomic E-state index is 0.232. The topological polar surface area (TPSA) is 0 Å². The first kappa shape index (κ1) is 61.0. The van der Waals surface area contributed by atoms with Crippen molar-refractivity contribution in [2.75, 3.05) is 0 Å². The highest BCUT2D eigenvalue weighted by Crippen LogP contribution is 2.84. The van der Waals surface area contributed by atoms with Crippen molar-refractivity contribution in [2.45, 2.75) is 291 Å². The van der Waals surface area contributed by atoms with Crippen LogP contribution in [-0.4, -0.2) is 0 Å². The predicted octanol–water partition coefficient (Wildman–Crippen LogP) is 21.6. The summed E-state index contributed by atoms with van der Waals surface area (Å²) in [5, 5.41) is 0. The normalized spacial score (nSPS) is 31.7. The Hall–Kier alpha value is 0. The Morgan fingerprint density at radius 3 is 0.254 bits per heavy atom. The molecule has 0 aromatic carbocycles. The van der Waals surface area contributed by atoms with Crippen LogP contribution in [0.2, 0.25) is 0 Å². The molecule has 3 fully saturated rings. The van der Waals surface area contributed by atoms with Crippen LogP contribution in [-0.2, 0) is 0 Å². The van der Waals surface area contributed by atoms with Crippen molar-refractivity contribution < 1.29 is 0 Å². The second kappa shape index (κ2) is 14.5. The molecule has 0 atom stereocenters. The van der Waals surface area contributed by atoms with E-state index in [2.05, 4.69) is 291 Å². The van der Waals surface area contributed by atoms with E-state index in [-0.39, 0.29) is 114 Å². The van der Waals surface area contributed by atoms with Crippen LogP contribution in [0.4, 0.5) is 0 Å². The molecule has 0 aromatic heterocycles. The lowest BCUT2D eigenvalue weighted by Gasteiger charge is -2.79. The Morgan fingerprint density at radius 1 is 0.127 bits per heavy atom. The first-order valence-corrected chi connectivity index (χ1v) is 26.2. The molecule has 0 nitrogen and oxygen atoms in total. The van der Waals surface area contributed by atoms with E-state index in [4.69, 9.17) is 0 Å². The summed E-state index contributed by atoms with van der Waals surface area (Å²) in [4.78, 5) is 0. The quantitative estimate of drug-likeness (QED) is 0.227. The Bertz CT molecular complexity index is 1370. The summed E-state index contributed by atoms with van der Waals surface area (Å²) in [6, 6.07) is 0. The van der Waals surface area contributed by atoms with E-state index in [0.29, 0.717) is 0 Å². The van der Waals surface area contributed by atoms with Crippen LogP contribution < -0.4 is 0 Å². The number of hydrogen-bond donors (Lipinski definition) is 0. The molecule has 0 saturated heterocycles. The van der Waals surface area contributed by atoms with Gasteiger partial charge in [-0.25, -0.2) is 0 Å². The van der Waals surface area contributed by atoms with Gasteiger partial charge < -0.3 is 0 Å². The van der Waals surface area contributed by atoms with Crippen LogP contribution in [0, 0.1) is 114 Å². The zero-order valence-corrected chi connectivity index (χ0v) is 52.5. The van der Waals surface area contributed by atoms with Crippen molar-refractivity contribution in [1.29, 1.82) is 0 Å². The monoisotopic (exact) mass is 883 g/mol. The van der Waals surface area contributed by atoms with Gasteiger partial charge in [0.2, 0.25) is 0 Å². The molecule has 0 heteroatoms. The summed E-state index contributed by atoms with van der Waals surface area (Å²) < 4.78 is 0. The van der Waals surface area contributed by atoms with E-state index in [9.17, 15) is 0 Å². The van der Waals surface area contributed by atoms with E-state index in [0.717, 1.165) is 0 Å². The number of hydrogen-bond acceptors (Lipinski definition) is 0. The number of rotatable bonds is 0. The van der Waals surface area contributed by atoms with Gasteiger partial charge in [-0.05, 0) is 114 Å². The van der Waals surface area contributed by atoms with Crippen molar-refractivity contribution in [3.63, 3.8) is 0 Å². The first-order chi connectivity index (χ1) is 26.2. The highest BCUT2D eigenvalue weighted by Gasteiger charge is 2.78. The largest absolute Gasteiger partial charge is 0.0596 e. The van der Waals surface area contributed by atoms with Gasteiger partial charge in [0.25, 0.3) is 0 Å². The Balaban J connectivity index is 0.000000472. The fourth-order valence-corrected chi connectivity index (χ4v) is 18.8. The SMILES string of the molecule is CC(C)(C)C1(C)C(C)(C)C(C)(C)C(C)(C)C(C)(C)C1(C)C.CC(C)(C)C1(C)C(C)(C)C(C)(C)C(C)(C)C(C)(C)C1(C)C.CC(C)(C)C1(C)C(C)(C)C(C)(C)C(C)(C)C(C)(C)C1(C)C. The molecule has 0 aromatic rings. The Labute approximate surface area is 402 Å². The zero-order valence-electron chi connectivity index (χ0n) is 52.5. The highest BCUT2D eigenvalue weighted by atomic mass is 14.8. The van der Waals surface area contributed by atoms with E-state index in [1.807, 2.05) is 0 Å². The molecule has 3 rings (SSSR count). The minimum Gasteiger partial charge on any atom is -0.0596 e. The second-order valence-electron chi connectivity index (χ2n) is 34.5. The van der Waals surface area contributed by atoms with Crippen LogP contribution in [0.3, 0.4) is 0 Å². The molecule has 0 N–H and O–H groups in total. The fraction of sp³-hybridized carbons (Fsp3) is 1.00. The van der Waals surface area contributed by atoms with E-state index in [1.54, 1.807) is 0 Å². The van der Waals surface area contributed by atoms with Crippen LogP contribution in [0.25, 0.3) is 0 Å². The van der Waals surface area contributed by atoms with E-state index >= 15 is 0 Å². The highest BCUT2D eigenvalue weighted by molar-refractivity contribution is 5.26. The fourth-order valence-electron chi connectivity index (χ4n) is 18.8. The van der Waals surface area contributed by atoms with Gasteiger partial charge in [0.1, 0.15) is 0 Å². The van der Waals surface area contributed by atoms with Crippen molar-refractivity contribution >= 4 is 0 Å². The Morgan fingerprint density at radius 2 is 0.190 bits per heavy atom. The third kappa shape index (κ3) is 6.25. The Kier molecular flexibility index (Phi) is 14.1. The maximum absolute atomic E-state index is 2.56. The maximum Gasteiger partial charge on any atom is -0.0164 e. The maximum atomic E-state index is 2.56. The summed E-state index contributed by atoms with van der Waals surface area (Å²) in [7, 11) is 0. The van der Waals surface area contributed by atoms with E-state index in [1.165, 1.54) is 0 Å². The molecular weight excluding hydrogens is 757 g/mol. The standard InChI is InChI=1S/3C21H42/c3*1-15(2,3)21(14)19(10,11)17(6,7)16(4,5)18(8,9)20(21,12)13/h3*1-14H3. The summed E-state index contributed by atoms with van der Waals surface area (Å²) in [5.41, 5.74) is 5.17. The molecule has 0 spiro atoms. The second-order valence-corrected chi connectivity index (χ2v) is 34.5. The average Bonchev–Trinajstić information content (AvgIpc) is 3.03. The molecule has 0 aliphatic heterocycles. The molecule has 3 aliphatic carbocycles. The van der Waals surface area contributed by atoms with Gasteiger partial charge in [-0.2, -0.15) is 0 Å². The van der Waals surface area contributed by atoms with Crippen LogP contribution in [0.5, 0.6) is 0 Å².